The third-order valence-corrected chi connectivity index (χ3v) is 2.59. The van der Waals surface area contributed by atoms with Crippen LogP contribution in [0.15, 0.2) is 30.5 Å². The van der Waals surface area contributed by atoms with Gasteiger partial charge < -0.3 is 20.9 Å². The van der Waals surface area contributed by atoms with Crippen molar-refractivity contribution in [3.63, 3.8) is 0 Å². The molecule has 104 valence electrons. The zero-order valence-corrected chi connectivity index (χ0v) is 10.8. The van der Waals surface area contributed by atoms with E-state index in [1.165, 1.54) is 19.4 Å². The number of nitrogens with two attached hydrogens (primary N) is 1. The molecule has 1 aromatic heterocycles. The average molecular weight is 274 g/mol. The zero-order chi connectivity index (χ0) is 14.5. The first-order chi connectivity index (χ1) is 9.60. The largest absolute Gasteiger partial charge is 0.508 e. The van der Waals surface area contributed by atoms with E-state index in [1.807, 2.05) is 0 Å². The van der Waals surface area contributed by atoms with Gasteiger partial charge in [0.05, 0.1) is 7.11 Å². The van der Waals surface area contributed by atoms with E-state index in [1.54, 1.807) is 18.2 Å². The fourth-order valence-electron chi connectivity index (χ4n) is 1.58. The Kier molecular flexibility index (Phi) is 3.99. The van der Waals surface area contributed by atoms with Crippen molar-refractivity contribution in [1.29, 1.82) is 0 Å². The third kappa shape index (κ3) is 3.14. The number of esters is 1. The number of aromatic nitrogens is 2. The molecule has 7 nitrogen and oxygen atoms in total. The number of rotatable bonds is 4. The number of benzene rings is 1. The minimum atomic E-state index is -0.611. The van der Waals surface area contributed by atoms with Crippen LogP contribution in [-0.4, -0.2) is 28.2 Å². The van der Waals surface area contributed by atoms with Crippen LogP contribution in [0.4, 0.5) is 11.5 Å². The number of ether oxygens (including phenoxy) is 1. The SMILES string of the molecule is COC(=O)c1nccc(NCc2cc(N)ccc2O)n1. The molecular formula is C13H14N4O3. The highest BCUT2D eigenvalue weighted by Gasteiger charge is 2.09. The van der Waals surface area contributed by atoms with Crippen molar-refractivity contribution in [2.45, 2.75) is 6.54 Å². The van der Waals surface area contributed by atoms with Crippen LogP contribution in [-0.2, 0) is 11.3 Å². The Labute approximate surface area is 115 Å². The maximum Gasteiger partial charge on any atom is 0.376 e. The second kappa shape index (κ2) is 5.87. The lowest BCUT2D eigenvalue weighted by Crippen LogP contribution is -2.10. The van der Waals surface area contributed by atoms with Crippen molar-refractivity contribution in [2.24, 2.45) is 0 Å². The minimum absolute atomic E-state index is 0.0331. The summed E-state index contributed by atoms with van der Waals surface area (Å²) in [6, 6.07) is 6.39. The van der Waals surface area contributed by atoms with E-state index in [2.05, 4.69) is 20.0 Å². The smallest absolute Gasteiger partial charge is 0.376 e. The lowest BCUT2D eigenvalue weighted by atomic mass is 10.2. The number of nitrogens with zero attached hydrogens (tertiary/aromatic N) is 2. The molecule has 0 spiro atoms. The van der Waals surface area contributed by atoms with Crippen LogP contribution in [0.25, 0.3) is 0 Å². The van der Waals surface area contributed by atoms with E-state index in [0.717, 1.165) is 0 Å². The molecule has 0 fully saturated rings. The van der Waals surface area contributed by atoms with Crippen molar-refractivity contribution in [1.82, 2.24) is 9.97 Å². The molecule has 0 aliphatic carbocycles. The lowest BCUT2D eigenvalue weighted by molar-refractivity contribution is 0.0587. The second-order valence-electron chi connectivity index (χ2n) is 4.00. The molecule has 0 amide bonds. The summed E-state index contributed by atoms with van der Waals surface area (Å²) < 4.78 is 4.54. The monoisotopic (exact) mass is 274 g/mol. The number of phenolic OH excluding ortho intramolecular Hbond substituents is 1. The first-order valence-electron chi connectivity index (χ1n) is 5.82. The number of carbonyl (C=O) groups is 1. The van der Waals surface area contributed by atoms with Crippen LogP contribution >= 0.6 is 0 Å². The topological polar surface area (TPSA) is 110 Å². The molecule has 0 aliphatic rings. The fourth-order valence-corrected chi connectivity index (χ4v) is 1.58. The number of methoxy groups -OCH3 is 1. The number of carbonyl (C=O) groups excluding carboxylic acids is 1. The van der Waals surface area contributed by atoms with Crippen LogP contribution in [0.1, 0.15) is 16.2 Å². The van der Waals surface area contributed by atoms with E-state index < -0.39 is 5.97 Å². The van der Waals surface area contributed by atoms with Gasteiger partial charge in [-0.3, -0.25) is 0 Å². The molecule has 1 heterocycles. The molecule has 0 unspecified atom stereocenters. The molecule has 4 N–H and O–H groups in total. The van der Waals surface area contributed by atoms with Gasteiger partial charge in [-0.2, -0.15) is 0 Å². The number of nitrogen functional groups attached to an aromatic ring is 1. The summed E-state index contributed by atoms with van der Waals surface area (Å²) in [6.07, 6.45) is 1.45. The molecule has 7 heteroatoms. The standard InChI is InChI=1S/C13H14N4O3/c1-20-13(19)12-15-5-4-11(17-12)16-7-8-6-9(14)2-3-10(8)18/h2-6,18H,7,14H2,1H3,(H,15,16,17). The summed E-state index contributed by atoms with van der Waals surface area (Å²) in [5.41, 5.74) is 6.83. The number of hydrogen-bond acceptors (Lipinski definition) is 7. The molecule has 0 aliphatic heterocycles. The second-order valence-corrected chi connectivity index (χ2v) is 4.00. The Hall–Kier alpha value is -2.83. The molecule has 0 radical (unpaired) electrons. The summed E-state index contributed by atoms with van der Waals surface area (Å²) in [4.78, 5) is 19.1. The van der Waals surface area contributed by atoms with E-state index >= 15 is 0 Å². The zero-order valence-electron chi connectivity index (χ0n) is 10.8. The van der Waals surface area contributed by atoms with Crippen molar-refractivity contribution in [3.8, 4) is 5.75 Å². The summed E-state index contributed by atoms with van der Waals surface area (Å²) >= 11 is 0. The summed E-state index contributed by atoms with van der Waals surface area (Å²) in [5.74, 6) is -0.0640. The van der Waals surface area contributed by atoms with E-state index in [9.17, 15) is 9.90 Å². The molecule has 20 heavy (non-hydrogen) atoms. The fraction of sp³-hybridized carbons (Fsp3) is 0.154. The molecule has 0 bridgehead atoms. The van der Waals surface area contributed by atoms with E-state index in [0.29, 0.717) is 23.6 Å². The predicted molar refractivity (Wildman–Crippen MR) is 73.2 cm³/mol. The highest BCUT2D eigenvalue weighted by atomic mass is 16.5. The highest BCUT2D eigenvalue weighted by Crippen LogP contribution is 2.20. The Morgan fingerprint density at radius 3 is 3.00 bits per heavy atom. The van der Waals surface area contributed by atoms with Gasteiger partial charge in [0, 0.05) is 24.0 Å². The first-order valence-corrected chi connectivity index (χ1v) is 5.82. The van der Waals surface area contributed by atoms with E-state index in [-0.39, 0.29) is 11.6 Å². The van der Waals surface area contributed by atoms with Crippen LogP contribution in [0.3, 0.4) is 0 Å². The first kappa shape index (κ1) is 13.6. The van der Waals surface area contributed by atoms with Gasteiger partial charge >= 0.3 is 5.97 Å². The lowest BCUT2D eigenvalue weighted by Gasteiger charge is -2.08. The minimum Gasteiger partial charge on any atom is -0.508 e. The van der Waals surface area contributed by atoms with E-state index in [4.69, 9.17) is 5.73 Å². The molecule has 0 saturated heterocycles. The van der Waals surface area contributed by atoms with Gasteiger partial charge in [-0.05, 0) is 24.3 Å². The summed E-state index contributed by atoms with van der Waals surface area (Å²) in [7, 11) is 1.26. The van der Waals surface area contributed by atoms with Crippen LogP contribution in [0.5, 0.6) is 5.75 Å². The highest BCUT2D eigenvalue weighted by molar-refractivity contribution is 5.85. The van der Waals surface area contributed by atoms with Crippen LogP contribution < -0.4 is 11.1 Å². The van der Waals surface area contributed by atoms with Crippen LogP contribution in [0.2, 0.25) is 0 Å². The number of aromatic hydroxyl groups is 1. The van der Waals surface area contributed by atoms with Crippen molar-refractivity contribution in [3.05, 3.63) is 41.9 Å². The molecule has 0 saturated carbocycles. The van der Waals surface area contributed by atoms with Crippen molar-refractivity contribution < 1.29 is 14.6 Å². The number of hydrogen-bond donors (Lipinski definition) is 3. The van der Waals surface area contributed by atoms with Gasteiger partial charge in [-0.1, -0.05) is 0 Å². The molecule has 0 atom stereocenters. The van der Waals surface area contributed by atoms with Gasteiger partial charge in [0.2, 0.25) is 5.82 Å². The molecule has 2 rings (SSSR count). The quantitative estimate of drug-likeness (QED) is 0.436. The van der Waals surface area contributed by atoms with Gasteiger partial charge in [0.25, 0.3) is 0 Å². The average Bonchev–Trinajstić information content (AvgIpc) is 2.47. The Morgan fingerprint density at radius 1 is 1.45 bits per heavy atom. The molecule has 2 aromatic rings. The Morgan fingerprint density at radius 2 is 2.25 bits per heavy atom. The predicted octanol–water partition coefficient (Wildman–Crippen LogP) is 1.16. The number of anilines is 2. The normalized spacial score (nSPS) is 10.1. The van der Waals surface area contributed by atoms with Crippen molar-refractivity contribution in [2.75, 3.05) is 18.2 Å². The van der Waals surface area contributed by atoms with Gasteiger partial charge in [-0.15, -0.1) is 0 Å². The van der Waals surface area contributed by atoms with Gasteiger partial charge in [0.15, 0.2) is 0 Å². The maximum absolute atomic E-state index is 11.3. The van der Waals surface area contributed by atoms with Gasteiger partial charge in [-0.25, -0.2) is 14.8 Å². The maximum atomic E-state index is 11.3. The Bertz CT molecular complexity index is 631. The Balaban J connectivity index is 2.11. The molecular weight excluding hydrogens is 260 g/mol. The summed E-state index contributed by atoms with van der Waals surface area (Å²) in [5, 5.41) is 12.7. The number of phenols is 1. The third-order valence-electron chi connectivity index (χ3n) is 2.59. The molecule has 1 aromatic carbocycles. The summed E-state index contributed by atoms with van der Waals surface area (Å²) in [6.45, 7) is 0.314. The number of nitrogens with one attached hydrogen (secondary N) is 1. The van der Waals surface area contributed by atoms with Crippen LogP contribution in [0, 0.1) is 0 Å². The van der Waals surface area contributed by atoms with Crippen molar-refractivity contribution >= 4 is 17.5 Å². The van der Waals surface area contributed by atoms with Gasteiger partial charge in [0.1, 0.15) is 11.6 Å².